The molecule has 10 heteroatoms. The lowest BCUT2D eigenvalue weighted by Gasteiger charge is -2.08. The minimum Gasteiger partial charge on any atom is -0.333 e. The Morgan fingerprint density at radius 3 is 2.36 bits per heavy atom. The van der Waals surface area contributed by atoms with Gasteiger partial charge in [0.15, 0.2) is 0 Å². The number of benzene rings is 2. The summed E-state index contributed by atoms with van der Waals surface area (Å²) in [5, 5.41) is 0. The van der Waals surface area contributed by atoms with E-state index >= 15 is 0 Å². The van der Waals surface area contributed by atoms with Gasteiger partial charge in [-0.05, 0) is 42.8 Å². The zero-order valence-corrected chi connectivity index (χ0v) is 15.5. The lowest BCUT2D eigenvalue weighted by atomic mass is 10.2. The molecule has 6 nitrogen and oxygen atoms in total. The molecule has 3 aromatic rings. The van der Waals surface area contributed by atoms with Crippen LogP contribution in [-0.2, 0) is 17.1 Å². The van der Waals surface area contributed by atoms with Crippen molar-refractivity contribution in [2.75, 3.05) is 0 Å². The van der Waals surface area contributed by atoms with E-state index < -0.39 is 38.9 Å². The van der Waals surface area contributed by atoms with E-state index in [4.69, 9.17) is 0 Å². The molecule has 0 unspecified atom stereocenters. The van der Waals surface area contributed by atoms with E-state index in [2.05, 4.69) is 4.98 Å². The van der Waals surface area contributed by atoms with Crippen molar-refractivity contribution in [2.45, 2.75) is 11.8 Å². The van der Waals surface area contributed by atoms with Crippen LogP contribution in [0.5, 0.6) is 0 Å². The van der Waals surface area contributed by atoms with Gasteiger partial charge in [0.2, 0.25) is 0 Å². The van der Waals surface area contributed by atoms with Gasteiger partial charge in [-0.3, -0.25) is 4.79 Å². The highest BCUT2D eigenvalue weighted by Gasteiger charge is 2.24. The molecule has 3 rings (SSSR count). The van der Waals surface area contributed by atoms with Crippen LogP contribution in [0.3, 0.4) is 0 Å². The van der Waals surface area contributed by atoms with Gasteiger partial charge in [-0.2, -0.15) is 0 Å². The van der Waals surface area contributed by atoms with Crippen molar-refractivity contribution < 1.29 is 26.4 Å². The van der Waals surface area contributed by atoms with Gasteiger partial charge >= 0.3 is 0 Å². The van der Waals surface area contributed by atoms with Crippen LogP contribution in [-0.4, -0.2) is 23.9 Å². The molecule has 1 amide bonds. The number of hydrogen-bond donors (Lipinski definition) is 1. The summed E-state index contributed by atoms with van der Waals surface area (Å²) < 4.78 is 69.0. The highest BCUT2D eigenvalue weighted by Crippen LogP contribution is 2.25. The third kappa shape index (κ3) is 3.63. The molecule has 0 atom stereocenters. The molecule has 146 valence electrons. The van der Waals surface area contributed by atoms with Crippen molar-refractivity contribution in [2.24, 2.45) is 7.05 Å². The Bertz CT molecular complexity index is 1170. The maximum atomic E-state index is 14.0. The molecule has 0 saturated carbocycles. The van der Waals surface area contributed by atoms with E-state index in [1.807, 2.05) is 4.72 Å². The molecular weight excluding hydrogens is 395 g/mol. The maximum Gasteiger partial charge on any atom is 0.285 e. The van der Waals surface area contributed by atoms with Gasteiger partial charge in [0.25, 0.3) is 15.9 Å². The van der Waals surface area contributed by atoms with Gasteiger partial charge in [0.1, 0.15) is 29.0 Å². The Kier molecular flexibility index (Phi) is 4.99. The topological polar surface area (TPSA) is 81.1 Å². The summed E-state index contributed by atoms with van der Waals surface area (Å²) in [5.41, 5.74) is -0.694. The summed E-state index contributed by atoms with van der Waals surface area (Å²) in [6.45, 7) is 1.38. The first-order valence-electron chi connectivity index (χ1n) is 7.91. The van der Waals surface area contributed by atoms with Crippen molar-refractivity contribution in [1.29, 1.82) is 0 Å². The zero-order valence-electron chi connectivity index (χ0n) is 14.7. The van der Waals surface area contributed by atoms with E-state index in [9.17, 15) is 26.4 Å². The zero-order chi connectivity index (χ0) is 20.6. The minimum absolute atomic E-state index is 0.107. The Labute approximate surface area is 158 Å². The number of sulfonamides is 1. The summed E-state index contributed by atoms with van der Waals surface area (Å²) >= 11 is 0. The van der Waals surface area contributed by atoms with Crippen LogP contribution < -0.4 is 4.72 Å². The molecular formula is C18H14F3N3O3S. The van der Waals surface area contributed by atoms with Crippen molar-refractivity contribution in [3.63, 3.8) is 0 Å². The predicted molar refractivity (Wildman–Crippen MR) is 94.3 cm³/mol. The summed E-state index contributed by atoms with van der Waals surface area (Å²) in [5.74, 6) is -3.66. The SMILES string of the molecule is Cc1cc(F)ccc1S(=O)(=O)NC(=O)c1cn(C)c(-c2c(F)cccc2F)n1. The summed E-state index contributed by atoms with van der Waals surface area (Å²) in [7, 11) is -2.90. The molecule has 0 fully saturated rings. The summed E-state index contributed by atoms with van der Waals surface area (Å²) in [4.78, 5) is 15.9. The molecule has 0 aliphatic heterocycles. The Balaban J connectivity index is 1.94. The van der Waals surface area contributed by atoms with Crippen molar-refractivity contribution in [3.05, 3.63) is 71.3 Å². The largest absolute Gasteiger partial charge is 0.333 e. The molecule has 0 radical (unpaired) electrons. The van der Waals surface area contributed by atoms with Crippen LogP contribution in [0.15, 0.2) is 47.5 Å². The van der Waals surface area contributed by atoms with Crippen LogP contribution in [0, 0.1) is 24.4 Å². The molecule has 0 bridgehead atoms. The van der Waals surface area contributed by atoms with E-state index in [1.54, 1.807) is 0 Å². The fourth-order valence-electron chi connectivity index (χ4n) is 2.66. The first-order valence-corrected chi connectivity index (χ1v) is 9.39. The molecule has 0 aliphatic rings. The number of nitrogens with one attached hydrogen (secondary N) is 1. The summed E-state index contributed by atoms with van der Waals surface area (Å²) in [6.07, 6.45) is 1.14. The third-order valence-electron chi connectivity index (χ3n) is 3.95. The van der Waals surface area contributed by atoms with Gasteiger partial charge in [-0.15, -0.1) is 0 Å². The molecule has 1 heterocycles. The average Bonchev–Trinajstić information content (AvgIpc) is 2.96. The lowest BCUT2D eigenvalue weighted by Crippen LogP contribution is -2.31. The molecule has 1 aromatic heterocycles. The van der Waals surface area contributed by atoms with E-state index in [0.29, 0.717) is 0 Å². The van der Waals surface area contributed by atoms with Crippen molar-refractivity contribution in [3.8, 4) is 11.4 Å². The number of imidazole rings is 1. The molecule has 1 N–H and O–H groups in total. The van der Waals surface area contributed by atoms with Gasteiger partial charge in [0.05, 0.1) is 10.5 Å². The van der Waals surface area contributed by atoms with Crippen LogP contribution in [0.1, 0.15) is 16.1 Å². The molecule has 28 heavy (non-hydrogen) atoms. The number of aromatic nitrogens is 2. The standard InChI is InChI=1S/C18H14F3N3O3S/c1-10-8-11(19)6-7-15(10)28(26,27)23-18(25)14-9-24(2)17(22-14)16-12(20)4-3-5-13(16)21/h3-9H,1-2H3,(H,23,25). The number of hydrogen-bond acceptors (Lipinski definition) is 4. The Morgan fingerprint density at radius 1 is 1.11 bits per heavy atom. The number of carbonyl (C=O) groups excluding carboxylic acids is 1. The Hall–Kier alpha value is -3.14. The molecule has 0 saturated heterocycles. The van der Waals surface area contributed by atoms with E-state index in [-0.39, 0.29) is 22.0 Å². The van der Waals surface area contributed by atoms with Crippen LogP contribution in [0.2, 0.25) is 0 Å². The fraction of sp³-hybridized carbons (Fsp3) is 0.111. The summed E-state index contributed by atoms with van der Waals surface area (Å²) in [6, 6.07) is 6.25. The second-order valence-electron chi connectivity index (χ2n) is 6.00. The number of carbonyl (C=O) groups is 1. The highest BCUT2D eigenvalue weighted by molar-refractivity contribution is 7.90. The molecule has 2 aromatic carbocycles. The highest BCUT2D eigenvalue weighted by atomic mass is 32.2. The number of halogens is 3. The van der Waals surface area contributed by atoms with Gasteiger partial charge in [0, 0.05) is 13.2 Å². The predicted octanol–water partition coefficient (Wildman–Crippen LogP) is 2.93. The second-order valence-corrected chi connectivity index (χ2v) is 7.65. The van der Waals surface area contributed by atoms with E-state index in [1.165, 1.54) is 24.6 Å². The fourth-order valence-corrected chi connectivity index (χ4v) is 3.85. The van der Waals surface area contributed by atoms with Crippen LogP contribution in [0.4, 0.5) is 13.2 Å². The third-order valence-corrected chi connectivity index (χ3v) is 5.44. The van der Waals surface area contributed by atoms with Gasteiger partial charge in [-0.1, -0.05) is 6.07 Å². The lowest BCUT2D eigenvalue weighted by molar-refractivity contribution is 0.0977. The van der Waals surface area contributed by atoms with E-state index in [0.717, 1.165) is 36.5 Å². The first-order chi connectivity index (χ1) is 13.1. The smallest absolute Gasteiger partial charge is 0.285 e. The average molecular weight is 409 g/mol. The van der Waals surface area contributed by atoms with Gasteiger partial charge < -0.3 is 4.57 Å². The minimum atomic E-state index is -4.30. The monoisotopic (exact) mass is 409 g/mol. The van der Waals surface area contributed by atoms with Crippen molar-refractivity contribution in [1.82, 2.24) is 14.3 Å². The quantitative estimate of drug-likeness (QED) is 0.719. The normalized spacial score (nSPS) is 11.5. The second kappa shape index (κ2) is 7.12. The molecule has 0 spiro atoms. The van der Waals surface area contributed by atoms with Crippen LogP contribution >= 0.6 is 0 Å². The van der Waals surface area contributed by atoms with Crippen molar-refractivity contribution >= 4 is 15.9 Å². The number of aryl methyl sites for hydroxylation is 2. The number of nitrogens with zero attached hydrogens (tertiary/aromatic N) is 2. The molecule has 0 aliphatic carbocycles. The Morgan fingerprint density at radius 2 is 1.75 bits per heavy atom. The number of amides is 1. The van der Waals surface area contributed by atoms with Gasteiger partial charge in [-0.25, -0.2) is 31.3 Å². The maximum absolute atomic E-state index is 14.0. The number of rotatable bonds is 4. The first kappa shape index (κ1) is 19.6. The van der Waals surface area contributed by atoms with Crippen LogP contribution in [0.25, 0.3) is 11.4 Å².